The van der Waals surface area contributed by atoms with Crippen LogP contribution in [0.25, 0.3) is 0 Å². The van der Waals surface area contributed by atoms with Gasteiger partial charge in [-0.05, 0) is 44.1 Å². The number of hydrogen-bond donors (Lipinski definition) is 0. The van der Waals surface area contributed by atoms with Gasteiger partial charge in [-0.25, -0.2) is 0 Å². The van der Waals surface area contributed by atoms with Gasteiger partial charge in [0, 0.05) is 31.2 Å². The average molecular weight is 325 g/mol. The van der Waals surface area contributed by atoms with Crippen LogP contribution in [0.4, 0.5) is 0 Å². The second kappa shape index (κ2) is 6.73. The molecule has 0 aliphatic carbocycles. The fourth-order valence-corrected chi connectivity index (χ4v) is 3.75. The molecule has 2 aliphatic rings. The summed E-state index contributed by atoms with van der Waals surface area (Å²) in [6, 6.07) is 7.98. The largest absolute Gasteiger partial charge is 0.334 e. The minimum Gasteiger partial charge on any atom is -0.334 e. The number of pyridine rings is 1. The Hall–Kier alpha value is -2.21. The van der Waals surface area contributed by atoms with E-state index in [1.54, 1.807) is 6.20 Å². The molecule has 0 aromatic carbocycles. The van der Waals surface area contributed by atoms with Gasteiger partial charge < -0.3 is 9.80 Å². The second-order valence-electron chi connectivity index (χ2n) is 6.70. The van der Waals surface area contributed by atoms with Crippen LogP contribution < -0.4 is 0 Å². The molecule has 24 heavy (non-hydrogen) atoms. The van der Waals surface area contributed by atoms with Crippen LogP contribution in [0.2, 0.25) is 0 Å². The van der Waals surface area contributed by atoms with Crippen LogP contribution in [0.3, 0.4) is 0 Å². The van der Waals surface area contributed by atoms with E-state index in [0.717, 1.165) is 37.6 Å². The SMILES string of the molecule is O=C(Cc1ccccn1)N1Cc2ccnn2C(CN2CCCC2)C1. The van der Waals surface area contributed by atoms with Gasteiger partial charge >= 0.3 is 0 Å². The summed E-state index contributed by atoms with van der Waals surface area (Å²) in [6.45, 7) is 4.67. The number of carbonyl (C=O) groups is 1. The second-order valence-corrected chi connectivity index (χ2v) is 6.70. The summed E-state index contributed by atoms with van der Waals surface area (Å²) in [4.78, 5) is 21.5. The summed E-state index contributed by atoms with van der Waals surface area (Å²) in [7, 11) is 0. The van der Waals surface area contributed by atoms with Crippen molar-refractivity contribution in [1.29, 1.82) is 0 Å². The van der Waals surface area contributed by atoms with Crippen LogP contribution in [0, 0.1) is 0 Å². The molecule has 2 aromatic heterocycles. The molecule has 0 spiro atoms. The molecule has 2 aliphatic heterocycles. The maximum atomic E-state index is 12.7. The lowest BCUT2D eigenvalue weighted by Crippen LogP contribution is -2.45. The molecule has 1 saturated heterocycles. The van der Waals surface area contributed by atoms with Gasteiger partial charge in [-0.1, -0.05) is 6.07 Å². The van der Waals surface area contributed by atoms with Crippen LogP contribution >= 0.6 is 0 Å². The first-order chi connectivity index (χ1) is 11.8. The number of aromatic nitrogens is 3. The van der Waals surface area contributed by atoms with Crippen molar-refractivity contribution < 1.29 is 4.79 Å². The zero-order valence-corrected chi connectivity index (χ0v) is 13.8. The summed E-state index contributed by atoms with van der Waals surface area (Å²) in [6.07, 6.45) is 6.51. The predicted molar refractivity (Wildman–Crippen MR) is 90.3 cm³/mol. The van der Waals surface area contributed by atoms with Gasteiger partial charge in [0.15, 0.2) is 0 Å². The lowest BCUT2D eigenvalue weighted by molar-refractivity contribution is -0.132. The fourth-order valence-electron chi connectivity index (χ4n) is 3.75. The molecule has 0 radical (unpaired) electrons. The van der Waals surface area contributed by atoms with E-state index in [1.165, 1.54) is 12.8 Å². The minimum atomic E-state index is 0.146. The number of hydrogen-bond acceptors (Lipinski definition) is 4. The van der Waals surface area contributed by atoms with Crippen molar-refractivity contribution in [3.8, 4) is 0 Å². The quantitative estimate of drug-likeness (QED) is 0.855. The van der Waals surface area contributed by atoms with Gasteiger partial charge in [0.2, 0.25) is 5.91 Å². The molecule has 1 atom stereocenters. The van der Waals surface area contributed by atoms with Crippen molar-refractivity contribution in [2.45, 2.75) is 31.8 Å². The van der Waals surface area contributed by atoms with Gasteiger partial charge in [0.05, 0.1) is 24.7 Å². The number of carbonyl (C=O) groups excluding carboxylic acids is 1. The van der Waals surface area contributed by atoms with Crippen molar-refractivity contribution in [3.05, 3.63) is 48.0 Å². The van der Waals surface area contributed by atoms with Crippen LogP contribution in [0.5, 0.6) is 0 Å². The fraction of sp³-hybridized carbons (Fsp3) is 0.500. The van der Waals surface area contributed by atoms with Crippen molar-refractivity contribution in [2.24, 2.45) is 0 Å². The Morgan fingerprint density at radius 3 is 2.83 bits per heavy atom. The highest BCUT2D eigenvalue weighted by atomic mass is 16.2. The van der Waals surface area contributed by atoms with Crippen molar-refractivity contribution >= 4 is 5.91 Å². The Morgan fingerprint density at radius 1 is 1.17 bits per heavy atom. The number of fused-ring (bicyclic) bond motifs is 1. The summed E-state index contributed by atoms with van der Waals surface area (Å²) < 4.78 is 2.11. The van der Waals surface area contributed by atoms with Gasteiger partial charge in [-0.2, -0.15) is 5.10 Å². The number of likely N-dealkylation sites (tertiary alicyclic amines) is 1. The summed E-state index contributed by atoms with van der Waals surface area (Å²) in [5.41, 5.74) is 1.96. The van der Waals surface area contributed by atoms with Crippen molar-refractivity contribution in [1.82, 2.24) is 24.6 Å². The molecule has 2 aromatic rings. The molecule has 126 valence electrons. The Balaban J connectivity index is 1.47. The maximum absolute atomic E-state index is 12.7. The van der Waals surface area contributed by atoms with Gasteiger partial charge in [0.1, 0.15) is 0 Å². The standard InChI is InChI=1S/C18H23N5O/c24-18(11-15-5-1-2-7-19-15)22-13-16-6-8-20-23(16)17(14-22)12-21-9-3-4-10-21/h1-2,5-8,17H,3-4,9-14H2. The Bertz CT molecular complexity index is 692. The van der Waals surface area contributed by atoms with E-state index < -0.39 is 0 Å². The highest BCUT2D eigenvalue weighted by Gasteiger charge is 2.30. The van der Waals surface area contributed by atoms with Crippen molar-refractivity contribution in [2.75, 3.05) is 26.2 Å². The van der Waals surface area contributed by atoms with Gasteiger partial charge in [-0.15, -0.1) is 0 Å². The summed E-state index contributed by atoms with van der Waals surface area (Å²) >= 11 is 0. The molecule has 0 N–H and O–H groups in total. The van der Waals surface area contributed by atoms with Crippen LogP contribution in [0.1, 0.15) is 30.3 Å². The third-order valence-electron chi connectivity index (χ3n) is 4.96. The molecule has 0 saturated carbocycles. The molecule has 4 rings (SSSR count). The smallest absolute Gasteiger partial charge is 0.229 e. The molecular weight excluding hydrogens is 302 g/mol. The first-order valence-electron chi connectivity index (χ1n) is 8.72. The van der Waals surface area contributed by atoms with Crippen molar-refractivity contribution in [3.63, 3.8) is 0 Å². The van der Waals surface area contributed by atoms with Crippen LogP contribution in [-0.4, -0.2) is 56.7 Å². The van der Waals surface area contributed by atoms with Crippen LogP contribution in [-0.2, 0) is 17.8 Å². The van der Waals surface area contributed by atoms with E-state index in [9.17, 15) is 4.79 Å². The highest BCUT2D eigenvalue weighted by molar-refractivity contribution is 5.78. The molecule has 6 heteroatoms. The lowest BCUT2D eigenvalue weighted by Gasteiger charge is -2.35. The first kappa shape index (κ1) is 15.3. The topological polar surface area (TPSA) is 54.3 Å². The zero-order valence-electron chi connectivity index (χ0n) is 13.8. The lowest BCUT2D eigenvalue weighted by atomic mass is 10.1. The Labute approximate surface area is 142 Å². The normalized spacial score (nSPS) is 21.0. The monoisotopic (exact) mass is 325 g/mol. The summed E-state index contributed by atoms with van der Waals surface area (Å²) in [5.74, 6) is 0.146. The van der Waals surface area contributed by atoms with E-state index in [1.807, 2.05) is 35.4 Å². The number of rotatable bonds is 4. The molecule has 0 bridgehead atoms. The minimum absolute atomic E-state index is 0.146. The van der Waals surface area contributed by atoms with E-state index in [0.29, 0.717) is 13.0 Å². The molecule has 6 nitrogen and oxygen atoms in total. The Morgan fingerprint density at radius 2 is 2.04 bits per heavy atom. The summed E-state index contributed by atoms with van der Waals surface area (Å²) in [5, 5.41) is 4.50. The van der Waals surface area contributed by atoms with E-state index >= 15 is 0 Å². The van der Waals surface area contributed by atoms with E-state index in [-0.39, 0.29) is 11.9 Å². The molecule has 4 heterocycles. The molecular formula is C18H23N5O. The van der Waals surface area contributed by atoms with Gasteiger partial charge in [0.25, 0.3) is 0 Å². The van der Waals surface area contributed by atoms with E-state index in [2.05, 4.69) is 19.7 Å². The van der Waals surface area contributed by atoms with Gasteiger partial charge in [-0.3, -0.25) is 14.5 Å². The van der Waals surface area contributed by atoms with Crippen LogP contribution in [0.15, 0.2) is 36.7 Å². The molecule has 1 fully saturated rings. The third kappa shape index (κ3) is 3.19. The maximum Gasteiger partial charge on any atom is 0.229 e. The Kier molecular flexibility index (Phi) is 4.30. The molecule has 1 amide bonds. The van der Waals surface area contributed by atoms with E-state index in [4.69, 9.17) is 0 Å². The first-order valence-corrected chi connectivity index (χ1v) is 8.72. The third-order valence-corrected chi connectivity index (χ3v) is 4.96. The zero-order chi connectivity index (χ0) is 16.4. The average Bonchev–Trinajstić information content (AvgIpc) is 3.27. The number of amides is 1. The highest BCUT2D eigenvalue weighted by Crippen LogP contribution is 2.23. The number of nitrogens with zero attached hydrogens (tertiary/aromatic N) is 5. The predicted octanol–water partition coefficient (Wildman–Crippen LogP) is 1.50. The molecule has 1 unspecified atom stereocenters.